The van der Waals surface area contributed by atoms with Crippen molar-refractivity contribution in [3.8, 4) is 0 Å². The van der Waals surface area contributed by atoms with Gasteiger partial charge in [-0.2, -0.15) is 0 Å². The molecule has 0 aromatic heterocycles. The van der Waals surface area contributed by atoms with E-state index < -0.39 is 7.91 Å². The van der Waals surface area contributed by atoms with Gasteiger partial charge < -0.3 is 0 Å². The molecular weight excluding hydrogens is 158 g/mol. The summed E-state index contributed by atoms with van der Waals surface area (Å²) in [5.41, 5.74) is -0.222. The molecule has 0 aliphatic carbocycles. The second-order valence-corrected chi connectivity index (χ2v) is 4.52. The van der Waals surface area contributed by atoms with Crippen LogP contribution in [0.3, 0.4) is 0 Å². The number of hydrogen-bond acceptors (Lipinski definition) is 3. The first-order chi connectivity index (χ1) is 4.41. The molecule has 1 aliphatic heterocycles. The van der Waals surface area contributed by atoms with Crippen LogP contribution in [0.1, 0.15) is 13.8 Å². The lowest BCUT2D eigenvalue weighted by Crippen LogP contribution is -2.28. The van der Waals surface area contributed by atoms with Gasteiger partial charge in [0.2, 0.25) is 0 Å². The van der Waals surface area contributed by atoms with Crippen molar-refractivity contribution >= 4 is 7.91 Å². The van der Waals surface area contributed by atoms with E-state index in [1.807, 2.05) is 13.8 Å². The largest absolute Gasteiger partial charge is 0.513 e. The third kappa shape index (κ3) is 2.04. The Kier molecular flexibility index (Phi) is 1.88. The summed E-state index contributed by atoms with van der Waals surface area (Å²) in [5.74, 6) is 0. The van der Waals surface area contributed by atoms with Gasteiger partial charge in [0.05, 0.1) is 13.2 Å². The number of rotatable bonds is 0. The second kappa shape index (κ2) is 2.29. The van der Waals surface area contributed by atoms with Crippen LogP contribution >= 0.6 is 7.91 Å². The number of hydrogen-bond donors (Lipinski definition) is 0. The van der Waals surface area contributed by atoms with Gasteiger partial charge in [-0.3, -0.25) is 9.05 Å². The monoisotopic (exact) mass is 168 g/mol. The van der Waals surface area contributed by atoms with Crippen molar-refractivity contribution in [1.82, 2.24) is 0 Å². The summed E-state index contributed by atoms with van der Waals surface area (Å²) in [6, 6.07) is 0. The molecule has 0 aromatic rings. The predicted molar refractivity (Wildman–Crippen MR) is 34.4 cm³/mol. The summed E-state index contributed by atoms with van der Waals surface area (Å²) < 4.78 is 31.4. The minimum atomic E-state index is -4.17. The van der Waals surface area contributed by atoms with Crippen LogP contribution in [0.15, 0.2) is 0 Å². The van der Waals surface area contributed by atoms with E-state index in [9.17, 15) is 8.76 Å². The van der Waals surface area contributed by atoms with Crippen LogP contribution in [-0.4, -0.2) is 13.2 Å². The quantitative estimate of drug-likeness (QED) is 0.520. The Morgan fingerprint density at radius 1 is 1.40 bits per heavy atom. The van der Waals surface area contributed by atoms with Gasteiger partial charge in [-0.25, -0.2) is 4.57 Å². The fourth-order valence-corrected chi connectivity index (χ4v) is 1.66. The lowest BCUT2D eigenvalue weighted by atomic mass is 9.97. The molecule has 0 unspecified atom stereocenters. The van der Waals surface area contributed by atoms with Crippen LogP contribution in [0.5, 0.6) is 0 Å². The fourth-order valence-electron chi connectivity index (χ4n) is 0.583. The minimum absolute atomic E-state index is 0.154. The van der Waals surface area contributed by atoms with Crippen LogP contribution in [0.25, 0.3) is 0 Å². The molecule has 0 bridgehead atoms. The molecule has 0 spiro atoms. The van der Waals surface area contributed by atoms with Gasteiger partial charge in [-0.1, -0.05) is 13.8 Å². The highest BCUT2D eigenvalue weighted by Crippen LogP contribution is 2.54. The first-order valence-electron chi connectivity index (χ1n) is 3.00. The summed E-state index contributed by atoms with van der Waals surface area (Å²) in [4.78, 5) is 0. The zero-order valence-corrected chi connectivity index (χ0v) is 6.86. The van der Waals surface area contributed by atoms with Crippen molar-refractivity contribution in [2.24, 2.45) is 5.41 Å². The van der Waals surface area contributed by atoms with Crippen LogP contribution < -0.4 is 0 Å². The van der Waals surface area contributed by atoms with Crippen molar-refractivity contribution in [1.29, 1.82) is 0 Å². The Bertz CT molecular complexity index is 166. The molecule has 0 amide bonds. The Morgan fingerprint density at radius 2 is 1.80 bits per heavy atom. The third-order valence-corrected chi connectivity index (χ3v) is 2.09. The maximum atomic E-state index is 12.3. The van der Waals surface area contributed by atoms with E-state index in [1.165, 1.54) is 0 Å². The molecule has 3 nitrogen and oxygen atoms in total. The molecule has 1 saturated heterocycles. The highest BCUT2D eigenvalue weighted by Gasteiger charge is 2.36. The van der Waals surface area contributed by atoms with E-state index in [-0.39, 0.29) is 18.6 Å². The summed E-state index contributed by atoms with van der Waals surface area (Å²) in [6.07, 6.45) is 0. The van der Waals surface area contributed by atoms with Crippen molar-refractivity contribution < 1.29 is 17.8 Å². The average Bonchev–Trinajstić information content (AvgIpc) is 1.79. The molecule has 5 heteroatoms. The lowest BCUT2D eigenvalue weighted by Gasteiger charge is -2.29. The molecule has 0 N–H and O–H groups in total. The Balaban J connectivity index is 2.54. The first kappa shape index (κ1) is 8.18. The standard InChI is InChI=1S/C5H10FO3P/c1-5(2)3-8-10(6,7)9-4-5/h3-4H2,1-2H3. The van der Waals surface area contributed by atoms with Gasteiger partial charge in [-0.15, -0.1) is 4.20 Å². The van der Waals surface area contributed by atoms with Gasteiger partial charge in [0.25, 0.3) is 0 Å². The highest BCUT2D eigenvalue weighted by atomic mass is 31.2. The van der Waals surface area contributed by atoms with Crippen molar-refractivity contribution in [3.63, 3.8) is 0 Å². The Hall–Kier alpha value is 0.0800. The van der Waals surface area contributed by atoms with E-state index in [0.717, 1.165) is 0 Å². The van der Waals surface area contributed by atoms with Gasteiger partial charge in [-0.05, 0) is 0 Å². The Morgan fingerprint density at radius 3 is 2.10 bits per heavy atom. The van der Waals surface area contributed by atoms with Crippen molar-refractivity contribution in [2.75, 3.05) is 13.2 Å². The topological polar surface area (TPSA) is 35.5 Å². The molecule has 1 fully saturated rings. The van der Waals surface area contributed by atoms with Gasteiger partial charge >= 0.3 is 7.91 Å². The molecule has 0 atom stereocenters. The zero-order valence-electron chi connectivity index (χ0n) is 5.96. The minimum Gasteiger partial charge on any atom is -0.283 e. The number of halogens is 1. The summed E-state index contributed by atoms with van der Waals surface area (Å²) in [5, 5.41) is 0. The van der Waals surface area contributed by atoms with Crippen molar-refractivity contribution in [2.45, 2.75) is 13.8 Å². The molecule has 1 aliphatic rings. The molecule has 0 radical (unpaired) electrons. The Labute approximate surface area is 59.2 Å². The van der Waals surface area contributed by atoms with E-state index in [4.69, 9.17) is 0 Å². The molecule has 0 aromatic carbocycles. The normalized spacial score (nSPS) is 29.9. The molecule has 1 heterocycles. The third-order valence-electron chi connectivity index (χ3n) is 1.22. The van der Waals surface area contributed by atoms with Crippen LogP contribution in [0.2, 0.25) is 0 Å². The second-order valence-electron chi connectivity index (χ2n) is 3.14. The maximum Gasteiger partial charge on any atom is 0.513 e. The molecule has 0 saturated carbocycles. The summed E-state index contributed by atoms with van der Waals surface area (Å²) in [6.45, 7) is 4.01. The molecule has 10 heavy (non-hydrogen) atoms. The molecular formula is C5H10FO3P. The fraction of sp³-hybridized carbons (Fsp3) is 1.00. The van der Waals surface area contributed by atoms with E-state index in [2.05, 4.69) is 9.05 Å². The van der Waals surface area contributed by atoms with E-state index in [1.54, 1.807) is 0 Å². The summed E-state index contributed by atoms with van der Waals surface area (Å²) >= 11 is 0. The predicted octanol–water partition coefficient (Wildman–Crippen LogP) is 2.14. The van der Waals surface area contributed by atoms with E-state index >= 15 is 0 Å². The van der Waals surface area contributed by atoms with E-state index in [0.29, 0.717) is 0 Å². The SMILES string of the molecule is CC1(C)COP(=O)(F)OC1. The molecule has 60 valence electrons. The van der Waals surface area contributed by atoms with Crippen LogP contribution in [0.4, 0.5) is 4.20 Å². The maximum absolute atomic E-state index is 12.3. The summed E-state index contributed by atoms with van der Waals surface area (Å²) in [7, 11) is -4.17. The van der Waals surface area contributed by atoms with Crippen molar-refractivity contribution in [3.05, 3.63) is 0 Å². The average molecular weight is 168 g/mol. The lowest BCUT2D eigenvalue weighted by molar-refractivity contribution is 0.0264. The van der Waals surface area contributed by atoms with Gasteiger partial charge in [0.15, 0.2) is 0 Å². The molecule has 1 rings (SSSR count). The van der Waals surface area contributed by atoms with Crippen LogP contribution in [-0.2, 0) is 13.6 Å². The van der Waals surface area contributed by atoms with Gasteiger partial charge in [0.1, 0.15) is 0 Å². The highest BCUT2D eigenvalue weighted by molar-refractivity contribution is 7.48. The van der Waals surface area contributed by atoms with Gasteiger partial charge in [0, 0.05) is 5.41 Å². The first-order valence-corrected chi connectivity index (χ1v) is 4.43. The van der Waals surface area contributed by atoms with Crippen LogP contribution in [0, 0.1) is 5.41 Å². The zero-order chi connectivity index (χ0) is 7.83. The smallest absolute Gasteiger partial charge is 0.283 e.